The second-order valence-electron chi connectivity index (χ2n) is 5.04. The Morgan fingerprint density at radius 2 is 1.95 bits per heavy atom. The van der Waals surface area contributed by atoms with E-state index in [1.807, 2.05) is 0 Å². The number of ether oxygens (including phenoxy) is 1. The fraction of sp³-hybridized carbons (Fsp3) is 0.588. The topological polar surface area (TPSA) is 26.3 Å². The summed E-state index contributed by atoms with van der Waals surface area (Å²) in [6, 6.07) is 8.55. The molecule has 0 aliphatic heterocycles. The van der Waals surface area contributed by atoms with E-state index in [-0.39, 0.29) is 3.98 Å². The van der Waals surface area contributed by atoms with E-state index >= 15 is 0 Å². The molecule has 1 aromatic rings. The zero-order chi connectivity index (χ0) is 14.6. The summed E-state index contributed by atoms with van der Waals surface area (Å²) in [6.45, 7) is 4.94. The summed E-state index contributed by atoms with van der Waals surface area (Å²) in [5.74, 6) is 0. The van der Waals surface area contributed by atoms with Crippen molar-refractivity contribution in [3.8, 4) is 0 Å². The normalized spacial score (nSPS) is 10.7. The van der Waals surface area contributed by atoms with Gasteiger partial charge >= 0.3 is 134 Å². The minimum atomic E-state index is -0.546. The van der Waals surface area contributed by atoms with Gasteiger partial charge in [0.1, 0.15) is 0 Å². The first-order valence-electron chi connectivity index (χ1n) is 7.58. The van der Waals surface area contributed by atoms with Crippen LogP contribution in [0.1, 0.15) is 50.2 Å². The van der Waals surface area contributed by atoms with E-state index in [9.17, 15) is 4.79 Å². The number of carbonyl (C=O) groups excluding carboxylic acids is 1. The van der Waals surface area contributed by atoms with Crippen molar-refractivity contribution >= 4 is 25.2 Å². The van der Waals surface area contributed by atoms with Gasteiger partial charge < -0.3 is 0 Å². The summed E-state index contributed by atoms with van der Waals surface area (Å²) < 4.78 is 6.47. The first-order valence-corrected chi connectivity index (χ1v) is 10.4. The molecule has 0 aliphatic rings. The average molecular weight is 390 g/mol. The van der Waals surface area contributed by atoms with Crippen LogP contribution in [-0.2, 0) is 11.2 Å². The van der Waals surface area contributed by atoms with Crippen molar-refractivity contribution in [1.29, 1.82) is 0 Å². The molecular weight excluding hydrogens is 363 g/mol. The third kappa shape index (κ3) is 7.88. The number of carbonyl (C=O) groups is 1. The second-order valence-corrected chi connectivity index (χ2v) is 7.98. The molecule has 0 fully saturated rings. The molecule has 0 amide bonds. The van der Waals surface area contributed by atoms with E-state index in [4.69, 9.17) is 4.74 Å². The van der Waals surface area contributed by atoms with Gasteiger partial charge in [-0.05, 0) is 0 Å². The summed E-state index contributed by atoms with van der Waals surface area (Å²) >= 11 is -0.546. The van der Waals surface area contributed by atoms with Gasteiger partial charge in [-0.1, -0.05) is 0 Å². The number of hydrogen-bond acceptors (Lipinski definition) is 2. The van der Waals surface area contributed by atoms with Crippen LogP contribution in [0.15, 0.2) is 24.3 Å². The Hall–Kier alpha value is -0.580. The molecule has 0 spiro atoms. The van der Waals surface area contributed by atoms with Crippen molar-refractivity contribution in [3.05, 3.63) is 35.4 Å². The van der Waals surface area contributed by atoms with Crippen LogP contribution in [-0.4, -0.2) is 15.0 Å². The van der Waals surface area contributed by atoms with Crippen molar-refractivity contribution < 1.29 is 9.53 Å². The number of alkyl halides is 1. The van der Waals surface area contributed by atoms with E-state index in [2.05, 4.69) is 38.1 Å². The van der Waals surface area contributed by atoms with Crippen LogP contribution < -0.4 is 0 Å². The summed E-state index contributed by atoms with van der Waals surface area (Å²) in [4.78, 5) is 11.5. The first kappa shape index (κ1) is 17.5. The molecule has 20 heavy (non-hydrogen) atoms. The van der Waals surface area contributed by atoms with Gasteiger partial charge in [-0.25, -0.2) is 0 Å². The van der Waals surface area contributed by atoms with Crippen LogP contribution in [0, 0.1) is 6.92 Å². The molecule has 0 aliphatic carbocycles. The van der Waals surface area contributed by atoms with Crippen molar-refractivity contribution in [2.75, 3.05) is 11.0 Å². The average Bonchev–Trinajstić information content (AvgIpc) is 2.45. The third-order valence-electron chi connectivity index (χ3n) is 3.29. The summed E-state index contributed by atoms with van der Waals surface area (Å²) in [5, 5.41) is 0. The number of benzene rings is 1. The molecule has 0 unspecified atom stereocenters. The Balaban J connectivity index is 2.00. The number of halogens is 1. The van der Waals surface area contributed by atoms with Gasteiger partial charge in [0.15, 0.2) is 0 Å². The predicted octanol–water partition coefficient (Wildman–Crippen LogP) is 5.35. The Bertz CT molecular complexity index is 390. The quantitative estimate of drug-likeness (QED) is 0.233. The number of aryl methyl sites for hydroxylation is 2. The van der Waals surface area contributed by atoms with Crippen molar-refractivity contribution in [3.63, 3.8) is 0 Å². The van der Waals surface area contributed by atoms with E-state index in [0.717, 1.165) is 23.7 Å². The molecule has 0 saturated heterocycles. The predicted molar refractivity (Wildman–Crippen MR) is 95.3 cm³/mol. The Labute approximate surface area is 133 Å². The van der Waals surface area contributed by atoms with Crippen LogP contribution in [0.4, 0.5) is 4.79 Å². The van der Waals surface area contributed by atoms with Crippen molar-refractivity contribution in [2.45, 2.75) is 52.4 Å². The van der Waals surface area contributed by atoms with Gasteiger partial charge in [-0.15, -0.1) is 0 Å². The van der Waals surface area contributed by atoms with Gasteiger partial charge in [0.05, 0.1) is 0 Å². The molecule has 114 valence electrons. The fourth-order valence-electron chi connectivity index (χ4n) is 1.98. The molecule has 3 heteroatoms. The zero-order valence-electron chi connectivity index (χ0n) is 12.7. The van der Waals surface area contributed by atoms with Gasteiger partial charge in [0.25, 0.3) is 0 Å². The van der Waals surface area contributed by atoms with Gasteiger partial charge in [-0.3, -0.25) is 0 Å². The first-order chi connectivity index (χ1) is 9.74. The maximum absolute atomic E-state index is 11.5. The van der Waals surface area contributed by atoms with Gasteiger partial charge in [0.2, 0.25) is 0 Å². The van der Waals surface area contributed by atoms with Crippen LogP contribution in [0.2, 0.25) is 0 Å². The Morgan fingerprint density at radius 1 is 1.15 bits per heavy atom. The van der Waals surface area contributed by atoms with Gasteiger partial charge in [-0.2, -0.15) is 0 Å². The second kappa shape index (κ2) is 11.1. The van der Waals surface area contributed by atoms with Crippen LogP contribution in [0.5, 0.6) is 0 Å². The van der Waals surface area contributed by atoms with E-state index in [0.29, 0.717) is 6.61 Å². The molecule has 0 bridgehead atoms. The number of hydrogen-bond donors (Lipinski definition) is 0. The van der Waals surface area contributed by atoms with Crippen LogP contribution in [0.25, 0.3) is 0 Å². The van der Waals surface area contributed by atoms with E-state index < -0.39 is 21.2 Å². The summed E-state index contributed by atoms with van der Waals surface area (Å²) in [7, 11) is 0. The minimum absolute atomic E-state index is 0.0998. The van der Waals surface area contributed by atoms with Crippen molar-refractivity contribution in [1.82, 2.24) is 0 Å². The molecular formula is C17H27IO2. The summed E-state index contributed by atoms with van der Waals surface area (Å²) in [5.41, 5.74) is 2.82. The Kier molecular flexibility index (Phi) is 9.71. The molecule has 0 heterocycles. The molecule has 0 aromatic heterocycles. The number of rotatable bonds is 10. The number of unbranched alkanes of at least 4 members (excludes halogenated alkanes) is 3. The van der Waals surface area contributed by atoms with E-state index in [1.165, 1.54) is 30.4 Å². The molecule has 1 rings (SSSR count). The molecule has 2 nitrogen and oxygen atoms in total. The van der Waals surface area contributed by atoms with E-state index in [1.54, 1.807) is 0 Å². The summed E-state index contributed by atoms with van der Waals surface area (Å²) in [6.07, 6.45) is 6.79. The SMILES string of the molecule is CCCC[IH]C(=O)OCCCCCc1ccccc1C. The van der Waals surface area contributed by atoms with Crippen LogP contribution in [0.3, 0.4) is 0 Å². The van der Waals surface area contributed by atoms with Gasteiger partial charge in [0, 0.05) is 0 Å². The third-order valence-corrected chi connectivity index (χ3v) is 5.71. The molecule has 0 N–H and O–H groups in total. The molecule has 1 aromatic carbocycles. The molecule has 0 atom stereocenters. The fourth-order valence-corrected chi connectivity index (χ4v) is 4.17. The zero-order valence-corrected chi connectivity index (χ0v) is 15.0. The van der Waals surface area contributed by atoms with Crippen LogP contribution >= 0.6 is 21.2 Å². The Morgan fingerprint density at radius 3 is 2.70 bits per heavy atom. The maximum atomic E-state index is 11.5. The monoisotopic (exact) mass is 390 g/mol. The molecule has 0 radical (unpaired) electrons. The molecule has 0 saturated carbocycles. The van der Waals surface area contributed by atoms with Crippen molar-refractivity contribution in [2.24, 2.45) is 0 Å². The standard InChI is InChI=1S/C17H27IO2/c1-3-4-13-18-17(19)20-14-9-5-6-11-16-12-8-7-10-15(16)2/h7-8,10,12,18H,3-6,9,11,13-14H2,1-2H3.